The van der Waals surface area contributed by atoms with Crippen molar-refractivity contribution in [3.05, 3.63) is 29.8 Å². The highest BCUT2D eigenvalue weighted by Crippen LogP contribution is 2.37. The van der Waals surface area contributed by atoms with Gasteiger partial charge >= 0.3 is 5.97 Å². The predicted octanol–water partition coefficient (Wildman–Crippen LogP) is 4.32. The lowest BCUT2D eigenvalue weighted by molar-refractivity contribution is -0.164. The molecule has 1 atom stereocenters. The van der Waals surface area contributed by atoms with Crippen LogP contribution in [0.3, 0.4) is 0 Å². The van der Waals surface area contributed by atoms with Crippen molar-refractivity contribution in [1.82, 2.24) is 0 Å². The Morgan fingerprint density at radius 2 is 1.58 bits per heavy atom. The predicted molar refractivity (Wildman–Crippen MR) is 99.8 cm³/mol. The molecule has 136 valence electrons. The van der Waals surface area contributed by atoms with Crippen LogP contribution in [0.4, 0.5) is 0 Å². The summed E-state index contributed by atoms with van der Waals surface area (Å²) < 4.78 is 11.4. The topological polar surface area (TPSA) is 55.8 Å². The lowest BCUT2D eigenvalue weighted by Gasteiger charge is -2.36. The standard InChI is InChI=1S/C19H32O4Si/c1-18(2,3)22-17(21)16(20)13-14-9-11-15(12-10-14)23-24(7,8)19(4,5)6/h9-12,16,20H,13H2,1-8H3/t16-/m0/s1. The van der Waals surface area contributed by atoms with Crippen molar-refractivity contribution >= 4 is 14.3 Å². The summed E-state index contributed by atoms with van der Waals surface area (Å²) in [5.41, 5.74) is 0.273. The van der Waals surface area contributed by atoms with Crippen LogP contribution in [0, 0.1) is 0 Å². The summed E-state index contributed by atoms with van der Waals surface area (Å²) in [6.07, 6.45) is -0.925. The van der Waals surface area contributed by atoms with E-state index in [1.165, 1.54) is 0 Å². The minimum atomic E-state index is -1.86. The van der Waals surface area contributed by atoms with Gasteiger partial charge in [0.2, 0.25) is 8.32 Å². The number of aliphatic hydroxyl groups is 1. The van der Waals surface area contributed by atoms with Crippen LogP contribution in [0.2, 0.25) is 18.1 Å². The number of esters is 1. The molecule has 0 aliphatic heterocycles. The van der Waals surface area contributed by atoms with Gasteiger partial charge in [-0.25, -0.2) is 4.79 Å². The molecule has 0 radical (unpaired) electrons. The molecule has 4 nitrogen and oxygen atoms in total. The fraction of sp³-hybridized carbons (Fsp3) is 0.632. The first-order chi connectivity index (χ1) is 10.7. The molecule has 1 aromatic rings. The molecular formula is C19H32O4Si. The zero-order chi connectivity index (χ0) is 18.8. The molecule has 0 heterocycles. The molecule has 1 rings (SSSR count). The molecule has 0 fully saturated rings. The average Bonchev–Trinajstić information content (AvgIpc) is 2.37. The number of carbonyl (C=O) groups excluding carboxylic acids is 1. The third-order valence-electron chi connectivity index (χ3n) is 4.21. The molecule has 0 aliphatic rings. The number of aliphatic hydroxyl groups excluding tert-OH is 1. The van der Waals surface area contributed by atoms with Gasteiger partial charge in [0.05, 0.1) is 0 Å². The summed E-state index contributed by atoms with van der Waals surface area (Å²) in [7, 11) is -1.86. The zero-order valence-electron chi connectivity index (χ0n) is 16.3. The minimum absolute atomic E-state index is 0.137. The van der Waals surface area contributed by atoms with E-state index in [1.807, 2.05) is 24.3 Å². The van der Waals surface area contributed by atoms with Crippen molar-refractivity contribution < 1.29 is 19.1 Å². The van der Waals surface area contributed by atoms with E-state index < -0.39 is 26.0 Å². The summed E-state index contributed by atoms with van der Waals surface area (Å²) in [4.78, 5) is 11.8. The van der Waals surface area contributed by atoms with Crippen LogP contribution < -0.4 is 4.43 Å². The summed E-state index contributed by atoms with van der Waals surface area (Å²) in [6, 6.07) is 7.57. The summed E-state index contributed by atoms with van der Waals surface area (Å²) >= 11 is 0. The third-order valence-corrected chi connectivity index (χ3v) is 8.57. The van der Waals surface area contributed by atoms with Crippen LogP contribution in [0.5, 0.6) is 5.75 Å². The highest BCUT2D eigenvalue weighted by atomic mass is 28.4. The second-order valence-electron chi connectivity index (χ2n) is 8.76. The van der Waals surface area contributed by atoms with Gasteiger partial charge in [-0.05, 0) is 56.6 Å². The number of ether oxygens (including phenoxy) is 1. The SMILES string of the molecule is CC(C)(C)OC(=O)[C@@H](O)Cc1ccc(O[Si](C)(C)C(C)(C)C)cc1. The Morgan fingerprint density at radius 3 is 2.00 bits per heavy atom. The lowest BCUT2D eigenvalue weighted by Crippen LogP contribution is -2.43. The van der Waals surface area contributed by atoms with E-state index in [-0.39, 0.29) is 11.5 Å². The normalized spacial score (nSPS) is 14.2. The average molecular weight is 353 g/mol. The highest BCUT2D eigenvalue weighted by Gasteiger charge is 2.38. The van der Waals surface area contributed by atoms with Crippen LogP contribution in [-0.4, -0.2) is 31.1 Å². The molecule has 5 heteroatoms. The van der Waals surface area contributed by atoms with Gasteiger partial charge in [0.15, 0.2) is 6.10 Å². The van der Waals surface area contributed by atoms with Crippen molar-refractivity contribution in [2.24, 2.45) is 0 Å². The molecule has 0 saturated heterocycles. The molecule has 24 heavy (non-hydrogen) atoms. The van der Waals surface area contributed by atoms with Gasteiger partial charge in [-0.3, -0.25) is 0 Å². The van der Waals surface area contributed by atoms with Crippen molar-refractivity contribution in [2.45, 2.75) is 77.8 Å². The quantitative estimate of drug-likeness (QED) is 0.633. The van der Waals surface area contributed by atoms with Gasteiger partial charge in [0.1, 0.15) is 11.4 Å². The van der Waals surface area contributed by atoms with E-state index in [2.05, 4.69) is 33.9 Å². The maximum atomic E-state index is 11.8. The van der Waals surface area contributed by atoms with Gasteiger partial charge in [0, 0.05) is 6.42 Å². The van der Waals surface area contributed by atoms with Gasteiger partial charge in [-0.2, -0.15) is 0 Å². The molecule has 0 saturated carbocycles. The summed E-state index contributed by atoms with van der Waals surface area (Å²) in [6.45, 7) is 16.3. The Morgan fingerprint density at radius 1 is 1.08 bits per heavy atom. The van der Waals surface area contributed by atoms with Crippen LogP contribution in [0.25, 0.3) is 0 Å². The van der Waals surface area contributed by atoms with Crippen molar-refractivity contribution in [2.75, 3.05) is 0 Å². The van der Waals surface area contributed by atoms with Crippen LogP contribution in [-0.2, 0) is 16.0 Å². The Labute approximate surface area is 147 Å². The van der Waals surface area contributed by atoms with Crippen molar-refractivity contribution in [3.8, 4) is 5.75 Å². The van der Waals surface area contributed by atoms with Crippen LogP contribution in [0.15, 0.2) is 24.3 Å². The van der Waals surface area contributed by atoms with E-state index in [9.17, 15) is 9.90 Å². The van der Waals surface area contributed by atoms with Gasteiger partial charge in [0.25, 0.3) is 0 Å². The second-order valence-corrected chi connectivity index (χ2v) is 13.5. The van der Waals surface area contributed by atoms with Crippen molar-refractivity contribution in [1.29, 1.82) is 0 Å². The van der Waals surface area contributed by atoms with Gasteiger partial charge in [-0.15, -0.1) is 0 Å². The molecule has 0 bridgehead atoms. The lowest BCUT2D eigenvalue weighted by atomic mass is 10.1. The largest absolute Gasteiger partial charge is 0.544 e. The fourth-order valence-corrected chi connectivity index (χ4v) is 2.85. The van der Waals surface area contributed by atoms with E-state index in [4.69, 9.17) is 9.16 Å². The summed E-state index contributed by atoms with van der Waals surface area (Å²) in [5, 5.41) is 10.1. The Bertz CT molecular complexity index is 550. The Hall–Kier alpha value is -1.33. The Balaban J connectivity index is 2.70. The maximum absolute atomic E-state index is 11.8. The Kier molecular flexibility index (Phi) is 6.28. The van der Waals surface area contributed by atoms with E-state index in [1.54, 1.807) is 20.8 Å². The number of carbonyl (C=O) groups is 1. The number of rotatable bonds is 5. The van der Waals surface area contributed by atoms with Crippen LogP contribution >= 0.6 is 0 Å². The van der Waals surface area contributed by atoms with Crippen molar-refractivity contribution in [3.63, 3.8) is 0 Å². The fourth-order valence-electron chi connectivity index (χ4n) is 1.82. The maximum Gasteiger partial charge on any atom is 0.335 e. The molecule has 0 aromatic heterocycles. The first kappa shape index (κ1) is 20.7. The molecule has 1 N–H and O–H groups in total. The van der Waals surface area contributed by atoms with E-state index in [0.717, 1.165) is 11.3 Å². The second kappa shape index (κ2) is 7.27. The first-order valence-electron chi connectivity index (χ1n) is 8.40. The number of hydrogen-bond donors (Lipinski definition) is 1. The number of benzene rings is 1. The summed E-state index contributed by atoms with van der Waals surface area (Å²) in [5.74, 6) is 0.237. The smallest absolute Gasteiger partial charge is 0.335 e. The van der Waals surface area contributed by atoms with E-state index in [0.29, 0.717) is 0 Å². The molecular weight excluding hydrogens is 320 g/mol. The van der Waals surface area contributed by atoms with E-state index >= 15 is 0 Å². The molecule has 0 amide bonds. The molecule has 1 aromatic carbocycles. The third kappa shape index (κ3) is 6.28. The zero-order valence-corrected chi connectivity index (χ0v) is 17.3. The number of hydrogen-bond acceptors (Lipinski definition) is 4. The van der Waals surface area contributed by atoms with Crippen LogP contribution in [0.1, 0.15) is 47.1 Å². The monoisotopic (exact) mass is 352 g/mol. The first-order valence-corrected chi connectivity index (χ1v) is 11.3. The van der Waals surface area contributed by atoms with Gasteiger partial charge < -0.3 is 14.3 Å². The molecule has 0 aliphatic carbocycles. The molecule has 0 unspecified atom stereocenters. The molecule has 0 spiro atoms. The highest BCUT2D eigenvalue weighted by molar-refractivity contribution is 6.74. The van der Waals surface area contributed by atoms with Gasteiger partial charge in [-0.1, -0.05) is 32.9 Å². The minimum Gasteiger partial charge on any atom is -0.544 e.